The topological polar surface area (TPSA) is 84.7 Å². The van der Waals surface area contributed by atoms with E-state index >= 15 is 0 Å². The van der Waals surface area contributed by atoms with Crippen molar-refractivity contribution in [1.29, 1.82) is 0 Å². The summed E-state index contributed by atoms with van der Waals surface area (Å²) in [6, 6.07) is 3.39. The molecule has 106 valence electrons. The van der Waals surface area contributed by atoms with Crippen molar-refractivity contribution < 1.29 is 4.79 Å². The molecule has 0 aromatic carbocycles. The molecule has 0 aliphatic rings. The Hall–Kier alpha value is -2.44. The van der Waals surface area contributed by atoms with E-state index in [0.29, 0.717) is 11.5 Å². The van der Waals surface area contributed by atoms with Gasteiger partial charge in [-0.1, -0.05) is 6.92 Å². The second kappa shape index (κ2) is 6.65. The van der Waals surface area contributed by atoms with Gasteiger partial charge in [-0.15, -0.1) is 10.2 Å². The zero-order valence-corrected chi connectivity index (χ0v) is 11.6. The van der Waals surface area contributed by atoms with Crippen LogP contribution in [-0.2, 0) is 6.54 Å². The molecule has 0 saturated heterocycles. The van der Waals surface area contributed by atoms with Gasteiger partial charge >= 0.3 is 0 Å². The molecule has 0 bridgehead atoms. The number of aryl methyl sites for hydroxylation is 1. The first-order valence-electron chi connectivity index (χ1n) is 6.64. The molecule has 7 nitrogen and oxygen atoms in total. The highest BCUT2D eigenvalue weighted by atomic mass is 16.1. The molecule has 0 aliphatic heterocycles. The second-order valence-corrected chi connectivity index (χ2v) is 4.27. The number of nitrogens with one attached hydrogen (secondary N) is 2. The molecule has 2 aromatic rings. The standard InChI is InChI=1S/C13H18N6O/c1-3-7-14-12-6-5-11(17-18-12)13(20)16-10-8-15-19(4-2)9-10/h5-6,8-9H,3-4,7H2,1-2H3,(H,14,18)(H,16,20). The number of anilines is 2. The minimum atomic E-state index is -0.296. The molecule has 2 rings (SSSR count). The fourth-order valence-electron chi connectivity index (χ4n) is 1.60. The van der Waals surface area contributed by atoms with E-state index in [4.69, 9.17) is 0 Å². The molecule has 0 fully saturated rings. The number of nitrogens with zero attached hydrogens (tertiary/aromatic N) is 4. The van der Waals surface area contributed by atoms with Crippen LogP contribution in [0.2, 0.25) is 0 Å². The Bertz CT molecular complexity index is 562. The summed E-state index contributed by atoms with van der Waals surface area (Å²) in [7, 11) is 0. The molecule has 2 heterocycles. The van der Waals surface area contributed by atoms with Gasteiger partial charge in [-0.25, -0.2) is 0 Å². The van der Waals surface area contributed by atoms with Crippen molar-refractivity contribution in [1.82, 2.24) is 20.0 Å². The van der Waals surface area contributed by atoms with Crippen LogP contribution < -0.4 is 10.6 Å². The van der Waals surface area contributed by atoms with Crippen LogP contribution in [0, 0.1) is 0 Å². The number of rotatable bonds is 6. The van der Waals surface area contributed by atoms with Crippen LogP contribution in [0.3, 0.4) is 0 Å². The minimum absolute atomic E-state index is 0.274. The second-order valence-electron chi connectivity index (χ2n) is 4.27. The number of hydrogen-bond acceptors (Lipinski definition) is 5. The smallest absolute Gasteiger partial charge is 0.276 e. The maximum Gasteiger partial charge on any atom is 0.276 e. The summed E-state index contributed by atoms with van der Waals surface area (Å²) in [5, 5.41) is 17.8. The Kier molecular flexibility index (Phi) is 4.65. The van der Waals surface area contributed by atoms with Crippen LogP contribution in [0.4, 0.5) is 11.5 Å². The molecule has 20 heavy (non-hydrogen) atoms. The van der Waals surface area contributed by atoms with E-state index in [9.17, 15) is 4.79 Å². The van der Waals surface area contributed by atoms with E-state index < -0.39 is 0 Å². The average Bonchev–Trinajstić information content (AvgIpc) is 2.93. The first kappa shape index (κ1) is 14.0. The minimum Gasteiger partial charge on any atom is -0.369 e. The van der Waals surface area contributed by atoms with Crippen molar-refractivity contribution in [2.75, 3.05) is 17.2 Å². The first-order chi connectivity index (χ1) is 9.72. The lowest BCUT2D eigenvalue weighted by molar-refractivity contribution is 0.102. The third-order valence-corrected chi connectivity index (χ3v) is 2.67. The number of hydrogen-bond donors (Lipinski definition) is 2. The van der Waals surface area contributed by atoms with E-state index in [0.717, 1.165) is 19.5 Å². The van der Waals surface area contributed by atoms with Crippen molar-refractivity contribution >= 4 is 17.4 Å². The van der Waals surface area contributed by atoms with E-state index in [1.54, 1.807) is 29.2 Å². The normalized spacial score (nSPS) is 10.3. The molecule has 0 unspecified atom stereocenters. The van der Waals surface area contributed by atoms with Gasteiger partial charge in [0.05, 0.1) is 11.9 Å². The van der Waals surface area contributed by atoms with Crippen LogP contribution in [-0.4, -0.2) is 32.4 Å². The highest BCUT2D eigenvalue weighted by molar-refractivity contribution is 6.02. The van der Waals surface area contributed by atoms with Gasteiger partial charge in [-0.2, -0.15) is 5.10 Å². The third kappa shape index (κ3) is 3.53. The summed E-state index contributed by atoms with van der Waals surface area (Å²) in [6.45, 7) is 5.63. The van der Waals surface area contributed by atoms with Crippen molar-refractivity contribution in [2.24, 2.45) is 0 Å². The first-order valence-corrected chi connectivity index (χ1v) is 6.64. The van der Waals surface area contributed by atoms with E-state index in [-0.39, 0.29) is 11.6 Å². The molecule has 1 amide bonds. The van der Waals surface area contributed by atoms with Crippen LogP contribution in [0.15, 0.2) is 24.5 Å². The number of aromatic nitrogens is 4. The average molecular weight is 274 g/mol. The maximum atomic E-state index is 12.0. The monoisotopic (exact) mass is 274 g/mol. The van der Waals surface area contributed by atoms with Crippen molar-refractivity contribution in [3.05, 3.63) is 30.2 Å². The highest BCUT2D eigenvalue weighted by Crippen LogP contribution is 2.08. The molecule has 0 spiro atoms. The van der Waals surface area contributed by atoms with Crippen molar-refractivity contribution in [2.45, 2.75) is 26.8 Å². The molecule has 2 aromatic heterocycles. The number of carbonyl (C=O) groups is 1. The van der Waals surface area contributed by atoms with Gasteiger partial charge in [0.15, 0.2) is 5.69 Å². The zero-order chi connectivity index (χ0) is 14.4. The molecule has 7 heteroatoms. The highest BCUT2D eigenvalue weighted by Gasteiger charge is 2.09. The Morgan fingerprint density at radius 3 is 2.75 bits per heavy atom. The SMILES string of the molecule is CCCNc1ccc(C(=O)Nc2cnn(CC)c2)nn1. The van der Waals surface area contributed by atoms with Crippen molar-refractivity contribution in [3.63, 3.8) is 0 Å². The Balaban J connectivity index is 1.98. The fourth-order valence-corrected chi connectivity index (χ4v) is 1.60. The predicted octanol–water partition coefficient (Wildman–Crippen LogP) is 1.77. The number of amides is 1. The van der Waals surface area contributed by atoms with E-state index in [1.807, 2.05) is 6.92 Å². The van der Waals surface area contributed by atoms with Gasteiger partial charge in [0.25, 0.3) is 5.91 Å². The summed E-state index contributed by atoms with van der Waals surface area (Å²) in [6.07, 6.45) is 4.37. The summed E-state index contributed by atoms with van der Waals surface area (Å²) < 4.78 is 1.74. The molecule has 0 saturated carbocycles. The van der Waals surface area contributed by atoms with Crippen molar-refractivity contribution in [3.8, 4) is 0 Å². The van der Waals surface area contributed by atoms with Gasteiger partial charge in [-0.05, 0) is 25.5 Å². The molecule has 0 atom stereocenters. The van der Waals surface area contributed by atoms with Crippen LogP contribution >= 0.6 is 0 Å². The van der Waals surface area contributed by atoms with Crippen LogP contribution in [0.1, 0.15) is 30.8 Å². The molecule has 0 aliphatic carbocycles. The predicted molar refractivity (Wildman–Crippen MR) is 76.7 cm³/mol. The van der Waals surface area contributed by atoms with Crippen LogP contribution in [0.5, 0.6) is 0 Å². The van der Waals surface area contributed by atoms with Gasteiger partial charge in [0.1, 0.15) is 5.82 Å². The fraction of sp³-hybridized carbons (Fsp3) is 0.385. The van der Waals surface area contributed by atoms with E-state index in [2.05, 4.69) is 32.9 Å². The van der Waals surface area contributed by atoms with Crippen LogP contribution in [0.25, 0.3) is 0 Å². The Morgan fingerprint density at radius 1 is 1.30 bits per heavy atom. The molecule has 2 N–H and O–H groups in total. The molecular weight excluding hydrogens is 256 g/mol. The quantitative estimate of drug-likeness (QED) is 0.838. The third-order valence-electron chi connectivity index (χ3n) is 2.67. The lowest BCUT2D eigenvalue weighted by Crippen LogP contribution is -2.14. The van der Waals surface area contributed by atoms with Gasteiger partial charge in [0, 0.05) is 19.3 Å². The van der Waals surface area contributed by atoms with Gasteiger partial charge in [0.2, 0.25) is 0 Å². The Morgan fingerprint density at radius 2 is 2.15 bits per heavy atom. The summed E-state index contributed by atoms with van der Waals surface area (Å²) >= 11 is 0. The van der Waals surface area contributed by atoms with Gasteiger partial charge in [-0.3, -0.25) is 9.48 Å². The lowest BCUT2D eigenvalue weighted by atomic mass is 10.3. The Labute approximate surface area is 117 Å². The van der Waals surface area contributed by atoms with E-state index in [1.165, 1.54) is 0 Å². The summed E-state index contributed by atoms with van der Waals surface area (Å²) in [5.41, 5.74) is 0.920. The van der Waals surface area contributed by atoms with Gasteiger partial charge < -0.3 is 10.6 Å². The maximum absolute atomic E-state index is 12.0. The summed E-state index contributed by atoms with van der Waals surface area (Å²) in [5.74, 6) is 0.373. The largest absolute Gasteiger partial charge is 0.369 e. The number of carbonyl (C=O) groups excluding carboxylic acids is 1. The summed E-state index contributed by atoms with van der Waals surface area (Å²) in [4.78, 5) is 12.0. The molecular formula is C13H18N6O. The lowest BCUT2D eigenvalue weighted by Gasteiger charge is -2.04. The zero-order valence-electron chi connectivity index (χ0n) is 11.6. The molecule has 0 radical (unpaired) electrons.